The molecule has 1 atom stereocenters. The monoisotopic (exact) mass is 371 g/mol. The number of carbonyl (C=O) groups is 2. The second kappa shape index (κ2) is 8.42. The Morgan fingerprint density at radius 2 is 2.04 bits per heavy atom. The Hall–Kier alpha value is -2.25. The van der Waals surface area contributed by atoms with Crippen LogP contribution < -0.4 is 10.6 Å². The van der Waals surface area contributed by atoms with E-state index in [0.29, 0.717) is 19.6 Å². The summed E-state index contributed by atoms with van der Waals surface area (Å²) in [5.74, 6) is 0.00755. The normalized spacial score (nSPS) is 17.9. The van der Waals surface area contributed by atoms with E-state index in [1.165, 1.54) is 12.1 Å². The summed E-state index contributed by atoms with van der Waals surface area (Å²) in [6, 6.07) is 4.15. The molecule has 0 aromatic heterocycles. The molecule has 0 spiro atoms. The lowest BCUT2D eigenvalue weighted by molar-refractivity contribution is -0.137. The van der Waals surface area contributed by atoms with Crippen LogP contribution in [0.4, 0.5) is 23.7 Å². The summed E-state index contributed by atoms with van der Waals surface area (Å²) < 4.78 is 38.3. The molecule has 5 nitrogen and oxygen atoms in total. The molecule has 1 fully saturated rings. The van der Waals surface area contributed by atoms with Crippen LogP contribution in [0.2, 0.25) is 0 Å². The second-order valence-corrected chi connectivity index (χ2v) is 6.86. The summed E-state index contributed by atoms with van der Waals surface area (Å²) in [5, 5.41) is 5.39. The predicted molar refractivity (Wildman–Crippen MR) is 92.6 cm³/mol. The number of piperidine rings is 1. The van der Waals surface area contributed by atoms with Gasteiger partial charge in [-0.3, -0.25) is 4.79 Å². The number of hydrogen-bond acceptors (Lipinski definition) is 2. The SMILES string of the molecule is CC(C)C(=O)NC[C@H]1CCCN(C(=O)Nc2cccc(C(F)(F)F)c2)C1. The summed E-state index contributed by atoms with van der Waals surface area (Å²) >= 11 is 0. The summed E-state index contributed by atoms with van der Waals surface area (Å²) in [5.41, 5.74) is -0.691. The van der Waals surface area contributed by atoms with Crippen molar-refractivity contribution in [2.75, 3.05) is 25.0 Å². The van der Waals surface area contributed by atoms with Gasteiger partial charge in [0.1, 0.15) is 0 Å². The molecule has 1 heterocycles. The van der Waals surface area contributed by atoms with Gasteiger partial charge in [-0.15, -0.1) is 0 Å². The van der Waals surface area contributed by atoms with Crippen LogP contribution in [0.15, 0.2) is 24.3 Å². The number of anilines is 1. The van der Waals surface area contributed by atoms with Crippen LogP contribution in [0.1, 0.15) is 32.3 Å². The van der Waals surface area contributed by atoms with E-state index in [-0.39, 0.29) is 23.4 Å². The average molecular weight is 371 g/mol. The molecule has 2 N–H and O–H groups in total. The first-order chi connectivity index (χ1) is 12.2. The van der Waals surface area contributed by atoms with E-state index in [1.54, 1.807) is 4.90 Å². The van der Waals surface area contributed by atoms with Gasteiger partial charge in [0.2, 0.25) is 5.91 Å². The highest BCUT2D eigenvalue weighted by Gasteiger charge is 2.31. The van der Waals surface area contributed by atoms with Crippen LogP contribution in [-0.2, 0) is 11.0 Å². The van der Waals surface area contributed by atoms with Crippen molar-refractivity contribution in [3.8, 4) is 0 Å². The highest BCUT2D eigenvalue weighted by molar-refractivity contribution is 5.89. The first-order valence-electron chi connectivity index (χ1n) is 8.67. The molecule has 1 aliphatic rings. The lowest BCUT2D eigenvalue weighted by atomic mass is 9.98. The Balaban J connectivity index is 1.92. The minimum Gasteiger partial charge on any atom is -0.356 e. The summed E-state index contributed by atoms with van der Waals surface area (Å²) in [7, 11) is 0. The maximum Gasteiger partial charge on any atom is 0.416 e. The zero-order valence-electron chi connectivity index (χ0n) is 14.9. The number of halogens is 3. The van der Waals surface area contributed by atoms with E-state index in [4.69, 9.17) is 0 Å². The van der Waals surface area contributed by atoms with E-state index >= 15 is 0 Å². The van der Waals surface area contributed by atoms with Crippen LogP contribution in [0.5, 0.6) is 0 Å². The van der Waals surface area contributed by atoms with Gasteiger partial charge in [-0.2, -0.15) is 13.2 Å². The van der Waals surface area contributed by atoms with Crippen molar-refractivity contribution in [2.45, 2.75) is 32.9 Å². The maximum atomic E-state index is 12.8. The lowest BCUT2D eigenvalue weighted by Crippen LogP contribution is -2.45. The van der Waals surface area contributed by atoms with Crippen molar-refractivity contribution in [3.63, 3.8) is 0 Å². The topological polar surface area (TPSA) is 61.4 Å². The van der Waals surface area contributed by atoms with Crippen molar-refractivity contribution in [1.29, 1.82) is 0 Å². The van der Waals surface area contributed by atoms with E-state index in [9.17, 15) is 22.8 Å². The Labute approximate surface area is 150 Å². The van der Waals surface area contributed by atoms with Gasteiger partial charge in [0.15, 0.2) is 0 Å². The van der Waals surface area contributed by atoms with Gasteiger partial charge in [-0.25, -0.2) is 4.79 Å². The molecule has 0 radical (unpaired) electrons. The molecule has 144 valence electrons. The fourth-order valence-corrected chi connectivity index (χ4v) is 2.84. The molecular formula is C18H24F3N3O2. The Morgan fingerprint density at radius 3 is 2.69 bits per heavy atom. The van der Waals surface area contributed by atoms with E-state index in [0.717, 1.165) is 25.0 Å². The largest absolute Gasteiger partial charge is 0.416 e. The molecule has 0 unspecified atom stereocenters. The Kier molecular flexibility index (Phi) is 6.50. The fourth-order valence-electron chi connectivity index (χ4n) is 2.84. The molecule has 1 saturated heterocycles. The van der Waals surface area contributed by atoms with E-state index in [2.05, 4.69) is 10.6 Å². The van der Waals surface area contributed by atoms with Crippen LogP contribution in [0.3, 0.4) is 0 Å². The number of urea groups is 1. The van der Waals surface area contributed by atoms with Crippen LogP contribution in [0.25, 0.3) is 0 Å². The van der Waals surface area contributed by atoms with Crippen LogP contribution in [0, 0.1) is 11.8 Å². The van der Waals surface area contributed by atoms with Gasteiger partial charge in [-0.05, 0) is 37.0 Å². The highest BCUT2D eigenvalue weighted by atomic mass is 19.4. The van der Waals surface area contributed by atoms with Gasteiger partial charge in [0, 0.05) is 31.2 Å². The number of alkyl halides is 3. The third kappa shape index (κ3) is 5.64. The zero-order chi connectivity index (χ0) is 19.3. The summed E-state index contributed by atoms with van der Waals surface area (Å²) in [6.07, 6.45) is -2.77. The smallest absolute Gasteiger partial charge is 0.356 e. The number of nitrogens with zero attached hydrogens (tertiary/aromatic N) is 1. The summed E-state index contributed by atoms with van der Waals surface area (Å²) in [6.45, 7) is 5.11. The molecular weight excluding hydrogens is 347 g/mol. The quantitative estimate of drug-likeness (QED) is 0.847. The van der Waals surface area contributed by atoms with Crippen molar-refractivity contribution >= 4 is 17.6 Å². The molecule has 1 aromatic carbocycles. The number of carbonyl (C=O) groups excluding carboxylic acids is 2. The van der Waals surface area contributed by atoms with Crippen LogP contribution >= 0.6 is 0 Å². The van der Waals surface area contributed by atoms with Gasteiger partial charge < -0.3 is 15.5 Å². The molecule has 3 amide bonds. The van der Waals surface area contributed by atoms with E-state index in [1.807, 2.05) is 13.8 Å². The average Bonchev–Trinajstić information content (AvgIpc) is 2.59. The standard InChI is InChI=1S/C18H24F3N3O2/c1-12(2)16(25)22-10-13-5-4-8-24(11-13)17(26)23-15-7-3-6-14(9-15)18(19,20)21/h3,6-7,9,12-13H,4-5,8,10-11H2,1-2H3,(H,22,25)(H,23,26)/t13-/m1/s1. The number of benzene rings is 1. The van der Waals surface area contributed by atoms with Crippen molar-refractivity contribution < 1.29 is 22.8 Å². The molecule has 2 rings (SSSR count). The molecule has 1 aromatic rings. The van der Waals surface area contributed by atoms with Crippen molar-refractivity contribution in [2.24, 2.45) is 11.8 Å². The Bertz CT molecular complexity index is 647. The first-order valence-corrected chi connectivity index (χ1v) is 8.67. The molecule has 0 bridgehead atoms. The molecule has 1 aliphatic heterocycles. The van der Waals surface area contributed by atoms with Gasteiger partial charge in [0.05, 0.1) is 5.56 Å². The minimum atomic E-state index is -4.45. The number of likely N-dealkylation sites (tertiary alicyclic amines) is 1. The zero-order valence-corrected chi connectivity index (χ0v) is 14.9. The fraction of sp³-hybridized carbons (Fsp3) is 0.556. The predicted octanol–water partition coefficient (Wildman–Crippen LogP) is 3.72. The maximum absolute atomic E-state index is 12.8. The van der Waals surface area contributed by atoms with Crippen molar-refractivity contribution in [1.82, 2.24) is 10.2 Å². The lowest BCUT2D eigenvalue weighted by Gasteiger charge is -2.33. The Morgan fingerprint density at radius 1 is 1.31 bits per heavy atom. The van der Waals surface area contributed by atoms with Gasteiger partial charge in [0.25, 0.3) is 0 Å². The molecule has 26 heavy (non-hydrogen) atoms. The molecule has 0 saturated carbocycles. The van der Waals surface area contributed by atoms with Crippen LogP contribution in [-0.4, -0.2) is 36.5 Å². The molecule has 0 aliphatic carbocycles. The van der Waals surface area contributed by atoms with Gasteiger partial charge >= 0.3 is 12.2 Å². The third-order valence-corrected chi connectivity index (χ3v) is 4.34. The summed E-state index contributed by atoms with van der Waals surface area (Å²) in [4.78, 5) is 25.6. The third-order valence-electron chi connectivity index (χ3n) is 4.34. The number of hydrogen-bond donors (Lipinski definition) is 2. The van der Waals surface area contributed by atoms with Gasteiger partial charge in [-0.1, -0.05) is 19.9 Å². The number of rotatable bonds is 4. The number of nitrogens with one attached hydrogen (secondary N) is 2. The minimum absolute atomic E-state index is 0.0319. The van der Waals surface area contributed by atoms with E-state index < -0.39 is 17.8 Å². The number of amides is 3. The van der Waals surface area contributed by atoms with Crippen molar-refractivity contribution in [3.05, 3.63) is 29.8 Å². The second-order valence-electron chi connectivity index (χ2n) is 6.86. The molecule has 8 heteroatoms. The highest BCUT2D eigenvalue weighted by Crippen LogP contribution is 2.30. The first kappa shape index (κ1) is 20.1.